The molecule has 0 bridgehead atoms. The zero-order valence-electron chi connectivity index (χ0n) is 17.1. The minimum Gasteiger partial charge on any atom is -0.488 e. The Labute approximate surface area is 176 Å². The molecule has 1 aromatic carbocycles. The summed E-state index contributed by atoms with van der Waals surface area (Å²) in [6.45, 7) is 4.41. The second-order valence-corrected chi connectivity index (χ2v) is 8.10. The second kappa shape index (κ2) is 8.01. The fourth-order valence-electron chi connectivity index (χ4n) is 4.17. The van der Waals surface area contributed by atoms with Crippen molar-refractivity contribution in [2.24, 2.45) is 0 Å². The maximum Gasteiger partial charge on any atom is 0.262 e. The first kappa shape index (κ1) is 20.1. The molecule has 8 nitrogen and oxygen atoms in total. The highest BCUT2D eigenvalue weighted by Crippen LogP contribution is 2.28. The van der Waals surface area contributed by atoms with E-state index in [9.17, 15) is 13.6 Å². The number of likely N-dealkylation sites (tertiary alicyclic amines) is 1. The lowest BCUT2D eigenvalue weighted by Crippen LogP contribution is -2.54. The van der Waals surface area contributed by atoms with Crippen LogP contribution < -0.4 is 10.3 Å². The van der Waals surface area contributed by atoms with Gasteiger partial charge in [0.15, 0.2) is 5.65 Å². The van der Waals surface area contributed by atoms with E-state index in [-0.39, 0.29) is 29.5 Å². The van der Waals surface area contributed by atoms with E-state index in [0.717, 1.165) is 18.9 Å². The van der Waals surface area contributed by atoms with Gasteiger partial charge in [0.25, 0.3) is 5.56 Å². The van der Waals surface area contributed by atoms with Crippen LogP contribution in [0.25, 0.3) is 11.0 Å². The summed E-state index contributed by atoms with van der Waals surface area (Å²) in [4.78, 5) is 22.3. The maximum absolute atomic E-state index is 13.3. The van der Waals surface area contributed by atoms with Crippen molar-refractivity contribution in [1.29, 1.82) is 0 Å². The molecule has 1 unspecified atom stereocenters. The number of hydrogen-bond acceptors (Lipinski definition) is 6. The Morgan fingerprint density at radius 3 is 2.61 bits per heavy atom. The maximum atomic E-state index is 13.3. The third kappa shape index (κ3) is 3.92. The normalized spacial score (nSPS) is 19.5. The number of halogens is 2. The molecule has 2 saturated heterocycles. The largest absolute Gasteiger partial charge is 0.488 e. The van der Waals surface area contributed by atoms with Crippen molar-refractivity contribution in [3.8, 4) is 5.75 Å². The lowest BCUT2D eigenvalue weighted by Gasteiger charge is -2.42. The highest BCUT2D eigenvalue weighted by molar-refractivity contribution is 5.73. The van der Waals surface area contributed by atoms with Gasteiger partial charge < -0.3 is 14.5 Å². The average molecular weight is 431 g/mol. The molecule has 2 aromatic heterocycles. The molecule has 4 heterocycles. The van der Waals surface area contributed by atoms with Crippen molar-refractivity contribution in [2.75, 3.05) is 26.3 Å². The summed E-state index contributed by atoms with van der Waals surface area (Å²) in [6, 6.07) is 3.15. The molecular formula is C21H23F2N5O3. The predicted octanol–water partition coefficient (Wildman–Crippen LogP) is 2.57. The summed E-state index contributed by atoms with van der Waals surface area (Å²) in [6.07, 6.45) is 3.05. The van der Waals surface area contributed by atoms with E-state index < -0.39 is 11.6 Å². The standard InChI is InChI=1S/C21H23F2N5O3/c1-12(27-10-17(11-27)31-16-7-13(22)6-14(23)8-16)19-25-20-18(21(29)26-19)9-24-28(20)15-2-4-30-5-3-15/h6-9,12,15,17H,2-5,10-11H2,1H3,(H,25,26,29). The highest BCUT2D eigenvalue weighted by atomic mass is 19.1. The van der Waals surface area contributed by atoms with E-state index in [1.165, 1.54) is 12.1 Å². The molecule has 31 heavy (non-hydrogen) atoms. The van der Waals surface area contributed by atoms with Crippen LogP contribution in [0.5, 0.6) is 5.75 Å². The molecule has 1 N–H and O–H groups in total. The van der Waals surface area contributed by atoms with Crippen molar-refractivity contribution in [3.63, 3.8) is 0 Å². The molecule has 0 saturated carbocycles. The van der Waals surface area contributed by atoms with Gasteiger partial charge in [0, 0.05) is 44.5 Å². The number of aromatic nitrogens is 4. The van der Waals surface area contributed by atoms with Crippen LogP contribution in [-0.4, -0.2) is 57.1 Å². The molecule has 1 atom stereocenters. The number of ether oxygens (including phenoxy) is 2. The summed E-state index contributed by atoms with van der Waals surface area (Å²) in [5.41, 5.74) is 0.370. The molecule has 164 valence electrons. The SMILES string of the molecule is CC(c1nc2c(cnn2C2CCOCC2)c(=O)[nH]1)N1CC(Oc2cc(F)cc(F)c2)C1. The minimum absolute atomic E-state index is 0.153. The van der Waals surface area contributed by atoms with Crippen LogP contribution >= 0.6 is 0 Å². The lowest BCUT2D eigenvalue weighted by molar-refractivity contribution is -0.00763. The van der Waals surface area contributed by atoms with Gasteiger partial charge in [0.05, 0.1) is 18.3 Å². The van der Waals surface area contributed by atoms with Crippen LogP contribution in [0.15, 0.2) is 29.2 Å². The van der Waals surface area contributed by atoms with Crippen LogP contribution in [0.4, 0.5) is 8.78 Å². The van der Waals surface area contributed by atoms with Crippen LogP contribution in [-0.2, 0) is 4.74 Å². The minimum atomic E-state index is -0.671. The number of fused-ring (bicyclic) bond motifs is 1. The topological polar surface area (TPSA) is 85.3 Å². The molecule has 0 spiro atoms. The predicted molar refractivity (Wildman–Crippen MR) is 108 cm³/mol. The van der Waals surface area contributed by atoms with E-state index in [4.69, 9.17) is 14.5 Å². The van der Waals surface area contributed by atoms with Crippen LogP contribution in [0.3, 0.4) is 0 Å². The summed E-state index contributed by atoms with van der Waals surface area (Å²) in [5.74, 6) is -0.615. The second-order valence-electron chi connectivity index (χ2n) is 8.10. The molecule has 5 rings (SSSR count). The van der Waals surface area contributed by atoms with Crippen LogP contribution in [0.1, 0.15) is 37.7 Å². The number of benzene rings is 1. The number of H-pyrrole nitrogens is 1. The Morgan fingerprint density at radius 2 is 1.90 bits per heavy atom. The van der Waals surface area contributed by atoms with Crippen LogP contribution in [0.2, 0.25) is 0 Å². The number of hydrogen-bond donors (Lipinski definition) is 1. The van der Waals surface area contributed by atoms with Gasteiger partial charge in [-0.25, -0.2) is 18.4 Å². The van der Waals surface area contributed by atoms with E-state index in [2.05, 4.69) is 15.0 Å². The first-order valence-corrected chi connectivity index (χ1v) is 10.4. The number of nitrogens with one attached hydrogen (secondary N) is 1. The molecule has 3 aromatic rings. The summed E-state index contributed by atoms with van der Waals surface area (Å²) < 4.78 is 39.6. The van der Waals surface area contributed by atoms with Crippen molar-refractivity contribution >= 4 is 11.0 Å². The van der Waals surface area contributed by atoms with E-state index in [0.29, 0.717) is 43.2 Å². The Bertz CT molecular complexity index is 1130. The molecule has 10 heteroatoms. The summed E-state index contributed by atoms with van der Waals surface area (Å²) >= 11 is 0. The molecule has 0 radical (unpaired) electrons. The van der Waals surface area contributed by atoms with Crippen molar-refractivity contribution in [3.05, 3.63) is 52.2 Å². The van der Waals surface area contributed by atoms with Gasteiger partial charge in [-0.15, -0.1) is 0 Å². The molecule has 0 aliphatic carbocycles. The van der Waals surface area contributed by atoms with Crippen molar-refractivity contribution in [2.45, 2.75) is 38.0 Å². The number of nitrogens with zero attached hydrogens (tertiary/aromatic N) is 4. The first-order chi connectivity index (χ1) is 15.0. The first-order valence-electron chi connectivity index (χ1n) is 10.4. The molecule has 2 aliphatic heterocycles. The monoisotopic (exact) mass is 431 g/mol. The van der Waals surface area contributed by atoms with Gasteiger partial charge in [0.2, 0.25) is 0 Å². The third-order valence-corrected chi connectivity index (χ3v) is 5.98. The van der Waals surface area contributed by atoms with E-state index in [1.807, 2.05) is 11.6 Å². The zero-order valence-corrected chi connectivity index (χ0v) is 17.1. The zero-order chi connectivity index (χ0) is 21.5. The fourth-order valence-corrected chi connectivity index (χ4v) is 4.17. The quantitative estimate of drug-likeness (QED) is 0.669. The Hall–Kier alpha value is -2.85. The smallest absolute Gasteiger partial charge is 0.262 e. The van der Waals surface area contributed by atoms with Crippen molar-refractivity contribution in [1.82, 2.24) is 24.6 Å². The van der Waals surface area contributed by atoms with Crippen molar-refractivity contribution < 1.29 is 18.3 Å². The summed E-state index contributed by atoms with van der Waals surface area (Å²) in [7, 11) is 0. The number of rotatable bonds is 5. The highest BCUT2D eigenvalue weighted by Gasteiger charge is 2.34. The van der Waals surface area contributed by atoms with Gasteiger partial charge in [-0.1, -0.05) is 0 Å². The molecular weight excluding hydrogens is 408 g/mol. The summed E-state index contributed by atoms with van der Waals surface area (Å²) in [5, 5.41) is 4.89. The Kier molecular flexibility index (Phi) is 5.19. The average Bonchev–Trinajstić information content (AvgIpc) is 3.14. The van der Waals surface area contributed by atoms with Crippen LogP contribution in [0, 0.1) is 11.6 Å². The van der Waals surface area contributed by atoms with Gasteiger partial charge in [0.1, 0.15) is 34.7 Å². The van der Waals surface area contributed by atoms with Gasteiger partial charge in [-0.2, -0.15) is 5.10 Å². The fraction of sp³-hybridized carbons (Fsp3) is 0.476. The molecule has 2 fully saturated rings. The van der Waals surface area contributed by atoms with Gasteiger partial charge in [-0.3, -0.25) is 9.69 Å². The molecule has 0 amide bonds. The Balaban J connectivity index is 1.31. The van der Waals surface area contributed by atoms with E-state index in [1.54, 1.807) is 6.20 Å². The van der Waals surface area contributed by atoms with Gasteiger partial charge >= 0.3 is 0 Å². The third-order valence-electron chi connectivity index (χ3n) is 5.98. The lowest BCUT2D eigenvalue weighted by atomic mass is 10.1. The molecule has 2 aliphatic rings. The van der Waals surface area contributed by atoms with E-state index >= 15 is 0 Å². The van der Waals surface area contributed by atoms with Gasteiger partial charge in [-0.05, 0) is 19.8 Å². The number of aromatic amines is 1. The Morgan fingerprint density at radius 1 is 1.19 bits per heavy atom.